The van der Waals surface area contributed by atoms with E-state index >= 15 is 0 Å². The van der Waals surface area contributed by atoms with Crippen LogP contribution < -0.4 is 15.8 Å². The Hall–Kier alpha value is -1.56. The summed E-state index contributed by atoms with van der Waals surface area (Å²) in [5.41, 5.74) is 6.49. The van der Waals surface area contributed by atoms with Crippen molar-refractivity contribution < 1.29 is 9.84 Å². The van der Waals surface area contributed by atoms with Gasteiger partial charge in [-0.25, -0.2) is 4.98 Å². The molecule has 1 saturated carbocycles. The van der Waals surface area contributed by atoms with Crippen LogP contribution in [0.15, 0.2) is 6.33 Å². The van der Waals surface area contributed by atoms with Crippen LogP contribution in [0.1, 0.15) is 39.5 Å². The first kappa shape index (κ1) is 14.8. The second-order valence-corrected chi connectivity index (χ2v) is 5.59. The summed E-state index contributed by atoms with van der Waals surface area (Å²) in [7, 11) is 0. The average Bonchev–Trinajstić information content (AvgIpc) is 2.43. The van der Waals surface area contributed by atoms with Crippen molar-refractivity contribution in [3.63, 3.8) is 0 Å². The van der Waals surface area contributed by atoms with Crippen LogP contribution in [-0.4, -0.2) is 33.8 Å². The van der Waals surface area contributed by atoms with E-state index in [1.807, 2.05) is 13.8 Å². The van der Waals surface area contributed by atoms with Crippen LogP contribution in [-0.2, 0) is 0 Å². The number of nitrogen functional groups attached to an aromatic ring is 1. The molecule has 0 radical (unpaired) electrons. The molecule has 1 aromatic heterocycles. The molecule has 4 N–H and O–H groups in total. The summed E-state index contributed by atoms with van der Waals surface area (Å²) in [4.78, 5) is 8.26. The molecule has 1 aliphatic rings. The Morgan fingerprint density at radius 1 is 1.40 bits per heavy atom. The van der Waals surface area contributed by atoms with Crippen molar-refractivity contribution >= 4 is 11.5 Å². The molecule has 6 nitrogen and oxygen atoms in total. The third-order valence-electron chi connectivity index (χ3n) is 3.66. The molecule has 0 aliphatic heterocycles. The highest BCUT2D eigenvalue weighted by atomic mass is 16.5. The second-order valence-electron chi connectivity index (χ2n) is 5.59. The van der Waals surface area contributed by atoms with Crippen LogP contribution >= 0.6 is 0 Å². The van der Waals surface area contributed by atoms with Crippen molar-refractivity contribution in [2.24, 2.45) is 5.92 Å². The molecule has 0 aromatic carbocycles. The van der Waals surface area contributed by atoms with Crippen molar-refractivity contribution in [3.8, 4) is 5.88 Å². The van der Waals surface area contributed by atoms with Gasteiger partial charge in [-0.05, 0) is 26.7 Å². The molecular weight excluding hydrogens is 256 g/mol. The summed E-state index contributed by atoms with van der Waals surface area (Å²) in [6.07, 6.45) is 5.86. The Balaban J connectivity index is 2.12. The van der Waals surface area contributed by atoms with Crippen LogP contribution in [0.25, 0.3) is 0 Å². The Morgan fingerprint density at radius 3 is 2.85 bits per heavy atom. The van der Waals surface area contributed by atoms with Gasteiger partial charge in [0.2, 0.25) is 5.88 Å². The predicted molar refractivity (Wildman–Crippen MR) is 78.7 cm³/mol. The maximum atomic E-state index is 9.45. The number of nitrogens with one attached hydrogen (secondary N) is 1. The molecule has 0 bridgehead atoms. The van der Waals surface area contributed by atoms with Crippen LogP contribution in [0.3, 0.4) is 0 Å². The maximum absolute atomic E-state index is 9.45. The quantitative estimate of drug-likeness (QED) is 0.761. The molecule has 1 aliphatic carbocycles. The van der Waals surface area contributed by atoms with Crippen molar-refractivity contribution in [1.29, 1.82) is 0 Å². The van der Waals surface area contributed by atoms with E-state index in [1.165, 1.54) is 12.7 Å². The molecule has 112 valence electrons. The summed E-state index contributed by atoms with van der Waals surface area (Å²) in [5.74, 6) is 1.27. The average molecular weight is 280 g/mol. The Morgan fingerprint density at radius 2 is 2.15 bits per heavy atom. The number of hydrogen-bond donors (Lipinski definition) is 3. The Labute approximate surface area is 119 Å². The van der Waals surface area contributed by atoms with Gasteiger partial charge in [-0.2, -0.15) is 4.98 Å². The number of aliphatic hydroxyl groups is 1. The fourth-order valence-electron chi connectivity index (χ4n) is 2.60. The molecular formula is C14H24N4O2. The molecule has 6 heteroatoms. The summed E-state index contributed by atoms with van der Waals surface area (Å²) >= 11 is 0. The summed E-state index contributed by atoms with van der Waals surface area (Å²) in [6, 6.07) is 0.206. The van der Waals surface area contributed by atoms with Crippen LogP contribution in [0.2, 0.25) is 0 Å². The number of hydrogen-bond acceptors (Lipinski definition) is 6. The van der Waals surface area contributed by atoms with Gasteiger partial charge in [0.25, 0.3) is 0 Å². The normalized spacial score (nSPS) is 22.8. The smallest absolute Gasteiger partial charge is 0.242 e. The third kappa shape index (κ3) is 3.50. The van der Waals surface area contributed by atoms with Crippen molar-refractivity contribution in [2.75, 3.05) is 17.7 Å². The lowest BCUT2D eigenvalue weighted by molar-refractivity contribution is 0.178. The monoisotopic (exact) mass is 280 g/mol. The molecule has 0 amide bonds. The lowest BCUT2D eigenvalue weighted by Gasteiger charge is -2.31. The highest BCUT2D eigenvalue weighted by molar-refractivity contribution is 5.66. The highest BCUT2D eigenvalue weighted by Gasteiger charge is 2.25. The Kier molecular flexibility index (Phi) is 5.00. The number of ether oxygens (including phenoxy) is 1. The summed E-state index contributed by atoms with van der Waals surface area (Å²) in [6.45, 7) is 4.05. The SMILES string of the molecule is CC(C)Oc1ncnc(NC2CCCCC2CO)c1N. The van der Waals surface area contributed by atoms with Gasteiger partial charge in [0.15, 0.2) is 5.82 Å². The lowest BCUT2D eigenvalue weighted by Crippen LogP contribution is -2.35. The van der Waals surface area contributed by atoms with Gasteiger partial charge in [-0.3, -0.25) is 0 Å². The van der Waals surface area contributed by atoms with E-state index in [0.717, 1.165) is 19.3 Å². The lowest BCUT2D eigenvalue weighted by atomic mass is 9.85. The van der Waals surface area contributed by atoms with Gasteiger partial charge in [0.1, 0.15) is 12.0 Å². The van der Waals surface area contributed by atoms with Crippen molar-refractivity contribution in [2.45, 2.75) is 51.7 Å². The minimum Gasteiger partial charge on any atom is -0.473 e. The van der Waals surface area contributed by atoms with E-state index in [4.69, 9.17) is 10.5 Å². The standard InChI is InChI=1S/C14H24N4O2/c1-9(2)20-14-12(15)13(16-8-17-14)18-11-6-4-3-5-10(11)7-19/h8-11,19H,3-7,15H2,1-2H3,(H,16,17,18). The first-order valence-electron chi connectivity index (χ1n) is 7.26. The molecule has 2 unspecified atom stereocenters. The van der Waals surface area contributed by atoms with Crippen molar-refractivity contribution in [1.82, 2.24) is 9.97 Å². The molecule has 2 rings (SSSR count). The zero-order valence-corrected chi connectivity index (χ0v) is 12.2. The first-order chi connectivity index (χ1) is 9.61. The number of anilines is 2. The minimum absolute atomic E-state index is 0.0138. The number of rotatable bonds is 5. The maximum Gasteiger partial charge on any atom is 0.242 e. The van der Waals surface area contributed by atoms with Crippen LogP contribution in [0.4, 0.5) is 11.5 Å². The Bertz CT molecular complexity index is 439. The van der Waals surface area contributed by atoms with Gasteiger partial charge in [0.05, 0.1) is 6.10 Å². The zero-order chi connectivity index (χ0) is 14.5. The summed E-state index contributed by atoms with van der Waals surface area (Å²) < 4.78 is 5.56. The minimum atomic E-state index is 0.0138. The second kappa shape index (κ2) is 6.74. The van der Waals surface area contributed by atoms with Gasteiger partial charge >= 0.3 is 0 Å². The molecule has 20 heavy (non-hydrogen) atoms. The first-order valence-corrected chi connectivity index (χ1v) is 7.26. The molecule has 0 saturated heterocycles. The highest BCUT2D eigenvalue weighted by Crippen LogP contribution is 2.30. The van der Waals surface area contributed by atoms with Gasteiger partial charge in [0, 0.05) is 18.6 Å². The van der Waals surface area contributed by atoms with E-state index < -0.39 is 0 Å². The van der Waals surface area contributed by atoms with E-state index in [2.05, 4.69) is 15.3 Å². The number of nitrogens with two attached hydrogens (primary N) is 1. The molecule has 1 fully saturated rings. The van der Waals surface area contributed by atoms with E-state index in [9.17, 15) is 5.11 Å². The van der Waals surface area contributed by atoms with Crippen LogP contribution in [0.5, 0.6) is 5.88 Å². The number of aromatic nitrogens is 2. The predicted octanol–water partition coefficient (Wildman–Crippen LogP) is 1.81. The number of nitrogens with zero attached hydrogens (tertiary/aromatic N) is 2. The molecule has 0 spiro atoms. The molecule has 1 heterocycles. The zero-order valence-electron chi connectivity index (χ0n) is 12.2. The van der Waals surface area contributed by atoms with E-state index in [0.29, 0.717) is 17.4 Å². The topological polar surface area (TPSA) is 93.3 Å². The molecule has 2 atom stereocenters. The van der Waals surface area contributed by atoms with Crippen LogP contribution in [0, 0.1) is 5.92 Å². The fraction of sp³-hybridized carbons (Fsp3) is 0.714. The summed E-state index contributed by atoms with van der Waals surface area (Å²) in [5, 5.41) is 12.8. The van der Waals surface area contributed by atoms with E-state index in [-0.39, 0.29) is 24.7 Å². The number of aliphatic hydroxyl groups excluding tert-OH is 1. The fourth-order valence-corrected chi connectivity index (χ4v) is 2.60. The van der Waals surface area contributed by atoms with Gasteiger partial charge in [-0.15, -0.1) is 0 Å². The van der Waals surface area contributed by atoms with Gasteiger partial charge in [-0.1, -0.05) is 12.8 Å². The largest absolute Gasteiger partial charge is 0.473 e. The van der Waals surface area contributed by atoms with Crippen molar-refractivity contribution in [3.05, 3.63) is 6.33 Å². The van der Waals surface area contributed by atoms with E-state index in [1.54, 1.807) is 0 Å². The third-order valence-corrected chi connectivity index (χ3v) is 3.66. The van der Waals surface area contributed by atoms with Gasteiger partial charge < -0.3 is 20.9 Å². The molecule has 1 aromatic rings.